The third-order valence-electron chi connectivity index (χ3n) is 7.85. The van der Waals surface area contributed by atoms with Crippen LogP contribution >= 0.6 is 0 Å². The molecule has 4 heterocycles. The van der Waals surface area contributed by atoms with Gasteiger partial charge in [-0.1, -0.05) is 13.8 Å². The van der Waals surface area contributed by atoms with Crippen LogP contribution in [-0.2, 0) is 11.2 Å². The molecule has 1 saturated carbocycles. The van der Waals surface area contributed by atoms with E-state index in [0.717, 1.165) is 31.5 Å². The summed E-state index contributed by atoms with van der Waals surface area (Å²) < 4.78 is 36.9. The van der Waals surface area contributed by atoms with E-state index < -0.39 is 6.43 Å². The Morgan fingerprint density at radius 2 is 1.84 bits per heavy atom. The van der Waals surface area contributed by atoms with Crippen LogP contribution in [-0.4, -0.2) is 55.5 Å². The van der Waals surface area contributed by atoms with Crippen molar-refractivity contribution in [3.8, 4) is 0 Å². The molecule has 2 atom stereocenters. The molecule has 0 N–H and O–H groups in total. The molecular formula is C27H36F2N6O2. The first-order valence-electron chi connectivity index (χ1n) is 13.3. The van der Waals surface area contributed by atoms with Crippen LogP contribution in [0.4, 0.5) is 14.6 Å². The molecule has 5 rings (SSSR count). The van der Waals surface area contributed by atoms with Gasteiger partial charge in [-0.25, -0.2) is 18.3 Å². The second-order valence-electron chi connectivity index (χ2n) is 11.0. The smallest absolute Gasteiger partial charge is 0.282 e. The Balaban J connectivity index is 1.37. The molecular weight excluding hydrogens is 478 g/mol. The number of halogens is 2. The van der Waals surface area contributed by atoms with Crippen molar-refractivity contribution in [1.82, 2.24) is 24.4 Å². The fraction of sp³-hybridized carbons (Fsp3) is 0.630. The van der Waals surface area contributed by atoms with Crippen molar-refractivity contribution in [2.75, 3.05) is 18.0 Å². The zero-order chi connectivity index (χ0) is 26.3. The van der Waals surface area contributed by atoms with E-state index in [4.69, 9.17) is 9.72 Å². The standard InChI is InChI=1S/C27H36F2N6O2/c1-16(2)19-5-7-21(8-6-19)35-15-20(25(32-35)26(28)29)11-23(36)22-12-30-34-10-9-24(31-27(22)34)33-13-17(3)37-18(4)14-33/h9-10,12,15-19,21,26H,5-8,11,13-14H2,1-4H3/t17-,18+,19?,21?. The zero-order valence-corrected chi connectivity index (χ0v) is 22.0. The van der Waals surface area contributed by atoms with Crippen molar-refractivity contribution < 1.29 is 18.3 Å². The first-order chi connectivity index (χ1) is 17.7. The van der Waals surface area contributed by atoms with Crippen LogP contribution < -0.4 is 4.90 Å². The molecule has 1 saturated heterocycles. The number of Topliss-reactive ketones (excluding diaryl/α,β-unsaturated/α-hetero) is 1. The number of hydrogen-bond acceptors (Lipinski definition) is 6. The van der Waals surface area contributed by atoms with Gasteiger partial charge in [0.2, 0.25) is 0 Å². The number of nitrogens with zero attached hydrogens (tertiary/aromatic N) is 6. The summed E-state index contributed by atoms with van der Waals surface area (Å²) in [5, 5.41) is 8.52. The Labute approximate surface area is 216 Å². The molecule has 0 amide bonds. The molecule has 0 aromatic carbocycles. The lowest BCUT2D eigenvalue weighted by Gasteiger charge is -2.36. The van der Waals surface area contributed by atoms with Crippen molar-refractivity contribution in [2.45, 2.75) is 84.5 Å². The van der Waals surface area contributed by atoms with E-state index >= 15 is 0 Å². The van der Waals surface area contributed by atoms with Gasteiger partial charge in [-0.15, -0.1) is 0 Å². The van der Waals surface area contributed by atoms with Crippen molar-refractivity contribution >= 4 is 17.2 Å². The van der Waals surface area contributed by atoms with Crippen LogP contribution in [0.2, 0.25) is 0 Å². The average molecular weight is 515 g/mol. The molecule has 0 unspecified atom stereocenters. The number of anilines is 1. The van der Waals surface area contributed by atoms with Gasteiger partial charge >= 0.3 is 0 Å². The van der Waals surface area contributed by atoms with Crippen molar-refractivity contribution in [2.24, 2.45) is 11.8 Å². The minimum Gasteiger partial charge on any atom is -0.372 e. The predicted molar refractivity (Wildman–Crippen MR) is 136 cm³/mol. The van der Waals surface area contributed by atoms with Gasteiger partial charge in [-0.2, -0.15) is 10.2 Å². The monoisotopic (exact) mass is 514 g/mol. The third kappa shape index (κ3) is 5.39. The first kappa shape index (κ1) is 25.8. The van der Waals surface area contributed by atoms with Gasteiger partial charge in [-0.05, 0) is 57.4 Å². The van der Waals surface area contributed by atoms with Crippen molar-refractivity contribution in [3.05, 3.63) is 41.5 Å². The highest BCUT2D eigenvalue weighted by atomic mass is 19.3. The second-order valence-corrected chi connectivity index (χ2v) is 11.0. The number of hydrogen-bond donors (Lipinski definition) is 0. The normalized spacial score (nSPS) is 24.9. The number of ketones is 1. The number of alkyl halides is 2. The van der Waals surface area contributed by atoms with Gasteiger partial charge in [-0.3, -0.25) is 9.48 Å². The summed E-state index contributed by atoms with van der Waals surface area (Å²) in [6.07, 6.45) is 6.09. The molecule has 3 aromatic heterocycles. The molecule has 37 heavy (non-hydrogen) atoms. The largest absolute Gasteiger partial charge is 0.372 e. The summed E-state index contributed by atoms with van der Waals surface area (Å²) in [5.74, 6) is 1.73. The molecule has 0 radical (unpaired) electrons. The number of aromatic nitrogens is 5. The molecule has 10 heteroatoms. The summed E-state index contributed by atoms with van der Waals surface area (Å²) in [4.78, 5) is 20.2. The van der Waals surface area contributed by atoms with E-state index in [-0.39, 0.29) is 41.7 Å². The lowest BCUT2D eigenvalue weighted by atomic mass is 9.80. The Bertz CT molecular complexity index is 1240. The van der Waals surface area contributed by atoms with E-state index in [2.05, 4.69) is 28.9 Å². The quantitative estimate of drug-likeness (QED) is 0.399. The van der Waals surface area contributed by atoms with Crippen molar-refractivity contribution in [3.63, 3.8) is 0 Å². The van der Waals surface area contributed by atoms with Crippen LogP contribution in [0.15, 0.2) is 24.7 Å². The lowest BCUT2D eigenvalue weighted by Crippen LogP contribution is -2.45. The molecule has 8 nitrogen and oxygen atoms in total. The summed E-state index contributed by atoms with van der Waals surface area (Å²) in [5.41, 5.74) is 0.715. The minimum absolute atomic E-state index is 0.0671. The summed E-state index contributed by atoms with van der Waals surface area (Å²) >= 11 is 0. The highest BCUT2D eigenvalue weighted by molar-refractivity contribution is 6.02. The number of carbonyl (C=O) groups excluding carboxylic acids is 1. The van der Waals surface area contributed by atoms with Crippen LogP contribution in [0.1, 0.15) is 87.5 Å². The number of morpholine rings is 1. The highest BCUT2D eigenvalue weighted by Gasteiger charge is 2.29. The van der Waals surface area contributed by atoms with Gasteiger partial charge in [0.15, 0.2) is 11.4 Å². The SMILES string of the molecule is CC(C)C1CCC(n2cc(CC(=O)c3cnn4ccc(N5C[C@@H](C)O[C@@H](C)C5)nc34)c(C(F)F)n2)CC1. The third-order valence-corrected chi connectivity index (χ3v) is 7.85. The van der Waals surface area contributed by atoms with E-state index in [1.54, 1.807) is 21.6 Å². The second kappa shape index (κ2) is 10.5. The minimum atomic E-state index is -2.74. The van der Waals surface area contributed by atoms with Crippen LogP contribution in [0.5, 0.6) is 0 Å². The zero-order valence-electron chi connectivity index (χ0n) is 22.0. The Hall–Kier alpha value is -2.88. The molecule has 2 aliphatic rings. The van der Waals surface area contributed by atoms with Gasteiger partial charge in [0.1, 0.15) is 11.5 Å². The summed E-state index contributed by atoms with van der Waals surface area (Å²) in [6, 6.07) is 1.96. The molecule has 1 aliphatic heterocycles. The molecule has 200 valence electrons. The highest BCUT2D eigenvalue weighted by Crippen LogP contribution is 2.36. The molecule has 0 spiro atoms. The van der Waals surface area contributed by atoms with E-state index in [9.17, 15) is 13.6 Å². The predicted octanol–water partition coefficient (Wildman–Crippen LogP) is 5.29. The topological polar surface area (TPSA) is 77.5 Å². The maximum absolute atomic E-state index is 13.9. The fourth-order valence-corrected chi connectivity index (χ4v) is 5.85. The maximum atomic E-state index is 13.9. The van der Waals surface area contributed by atoms with Gasteiger partial charge < -0.3 is 9.64 Å². The Kier molecular flexibility index (Phi) is 7.29. The Morgan fingerprint density at radius 1 is 1.14 bits per heavy atom. The summed E-state index contributed by atoms with van der Waals surface area (Å²) in [7, 11) is 0. The molecule has 0 bridgehead atoms. The van der Waals surface area contributed by atoms with Crippen molar-refractivity contribution in [1.29, 1.82) is 0 Å². The Morgan fingerprint density at radius 3 is 2.49 bits per heavy atom. The molecule has 3 aromatic rings. The van der Waals surface area contributed by atoms with Gasteiger partial charge in [0, 0.05) is 37.5 Å². The maximum Gasteiger partial charge on any atom is 0.282 e. The van der Waals surface area contributed by atoms with Crippen LogP contribution in [0.3, 0.4) is 0 Å². The summed E-state index contributed by atoms with van der Waals surface area (Å²) in [6.45, 7) is 9.90. The molecule has 1 aliphatic carbocycles. The molecule has 2 fully saturated rings. The lowest BCUT2D eigenvalue weighted by molar-refractivity contribution is -0.00545. The van der Waals surface area contributed by atoms with E-state index in [0.29, 0.717) is 36.1 Å². The van der Waals surface area contributed by atoms with Crippen LogP contribution in [0.25, 0.3) is 5.65 Å². The van der Waals surface area contributed by atoms with Gasteiger partial charge in [0.05, 0.1) is 30.0 Å². The van der Waals surface area contributed by atoms with Crippen LogP contribution in [0, 0.1) is 11.8 Å². The average Bonchev–Trinajstić information content (AvgIpc) is 3.47. The number of fused-ring (bicyclic) bond motifs is 1. The van der Waals surface area contributed by atoms with E-state index in [1.165, 1.54) is 6.20 Å². The number of ether oxygens (including phenoxy) is 1. The van der Waals surface area contributed by atoms with Gasteiger partial charge in [0.25, 0.3) is 6.43 Å². The first-order valence-corrected chi connectivity index (χ1v) is 13.3. The fourth-order valence-electron chi connectivity index (χ4n) is 5.85. The number of carbonyl (C=O) groups is 1. The van der Waals surface area contributed by atoms with E-state index in [1.807, 2.05) is 19.9 Å². The number of rotatable bonds is 7.